The highest BCUT2D eigenvalue weighted by Gasteiger charge is 2.13. The predicted molar refractivity (Wildman–Crippen MR) is 94.4 cm³/mol. The summed E-state index contributed by atoms with van der Waals surface area (Å²) < 4.78 is 7.96. The molecule has 1 fully saturated rings. The molecule has 5 heteroatoms. The molecule has 1 aromatic heterocycles. The van der Waals surface area contributed by atoms with Gasteiger partial charge >= 0.3 is 0 Å². The van der Waals surface area contributed by atoms with Crippen LogP contribution in [-0.2, 0) is 0 Å². The molecule has 0 bridgehead atoms. The summed E-state index contributed by atoms with van der Waals surface area (Å²) in [5, 5.41) is 0. The Morgan fingerprint density at radius 2 is 1.91 bits per heavy atom. The SMILES string of the molecule is Cc1cc(-n2ccc(OCCN3CCN(C)CC3)c2)ccc1N. The molecular weight excluding hydrogens is 288 g/mol. The molecule has 0 unspecified atom stereocenters. The second-order valence-electron chi connectivity index (χ2n) is 6.29. The van der Waals surface area contributed by atoms with Crippen molar-refractivity contribution in [3.63, 3.8) is 0 Å². The van der Waals surface area contributed by atoms with Crippen LogP contribution in [-0.4, -0.2) is 60.7 Å². The summed E-state index contributed by atoms with van der Waals surface area (Å²) in [4.78, 5) is 4.83. The summed E-state index contributed by atoms with van der Waals surface area (Å²) in [7, 11) is 2.18. The first-order valence-electron chi connectivity index (χ1n) is 8.20. The molecule has 1 aromatic carbocycles. The predicted octanol–water partition coefficient (Wildman–Crippen LogP) is 1.99. The van der Waals surface area contributed by atoms with Gasteiger partial charge in [-0.2, -0.15) is 0 Å². The lowest BCUT2D eigenvalue weighted by Crippen LogP contribution is -2.45. The molecule has 23 heavy (non-hydrogen) atoms. The smallest absolute Gasteiger partial charge is 0.137 e. The van der Waals surface area contributed by atoms with Crippen LogP contribution in [0.1, 0.15) is 5.56 Å². The highest BCUT2D eigenvalue weighted by molar-refractivity contribution is 5.52. The Kier molecular flexibility index (Phi) is 4.88. The number of hydrogen-bond donors (Lipinski definition) is 1. The summed E-state index contributed by atoms with van der Waals surface area (Å²) in [6.45, 7) is 8.29. The molecule has 1 aliphatic rings. The van der Waals surface area contributed by atoms with E-state index in [2.05, 4.69) is 27.5 Å². The van der Waals surface area contributed by atoms with Gasteiger partial charge in [0.25, 0.3) is 0 Å². The maximum absolute atomic E-state index is 5.89. The Bertz CT molecular complexity index is 644. The number of hydrogen-bond acceptors (Lipinski definition) is 4. The van der Waals surface area contributed by atoms with Gasteiger partial charge in [-0.05, 0) is 43.8 Å². The maximum Gasteiger partial charge on any atom is 0.137 e. The van der Waals surface area contributed by atoms with Crippen molar-refractivity contribution in [3.8, 4) is 11.4 Å². The molecule has 0 spiro atoms. The lowest BCUT2D eigenvalue weighted by Gasteiger charge is -2.32. The Morgan fingerprint density at radius 1 is 1.13 bits per heavy atom. The van der Waals surface area contributed by atoms with Crippen molar-refractivity contribution >= 4 is 5.69 Å². The van der Waals surface area contributed by atoms with Crippen LogP contribution in [0.2, 0.25) is 0 Å². The molecular formula is C18H26N4O. The lowest BCUT2D eigenvalue weighted by atomic mass is 10.2. The van der Waals surface area contributed by atoms with Gasteiger partial charge in [-0.1, -0.05) is 0 Å². The largest absolute Gasteiger partial charge is 0.491 e. The number of ether oxygens (including phenoxy) is 1. The molecule has 0 aliphatic carbocycles. The molecule has 2 N–H and O–H groups in total. The van der Waals surface area contributed by atoms with Crippen molar-refractivity contribution in [3.05, 3.63) is 42.2 Å². The van der Waals surface area contributed by atoms with E-state index in [-0.39, 0.29) is 0 Å². The van der Waals surface area contributed by atoms with Crippen molar-refractivity contribution in [2.75, 3.05) is 52.1 Å². The normalized spacial score (nSPS) is 16.6. The molecule has 1 aliphatic heterocycles. The number of likely N-dealkylation sites (N-methyl/N-ethyl adjacent to an activating group) is 1. The van der Waals surface area contributed by atoms with Crippen LogP contribution in [0, 0.1) is 6.92 Å². The first-order valence-corrected chi connectivity index (χ1v) is 8.20. The van der Waals surface area contributed by atoms with Gasteiger partial charge < -0.3 is 19.9 Å². The van der Waals surface area contributed by atoms with Crippen LogP contribution in [0.25, 0.3) is 5.69 Å². The van der Waals surface area contributed by atoms with Crippen molar-refractivity contribution in [2.45, 2.75) is 6.92 Å². The zero-order chi connectivity index (χ0) is 16.2. The fraction of sp³-hybridized carbons (Fsp3) is 0.444. The zero-order valence-corrected chi connectivity index (χ0v) is 14.0. The first kappa shape index (κ1) is 15.9. The van der Waals surface area contributed by atoms with Gasteiger partial charge in [-0.15, -0.1) is 0 Å². The Labute approximate surface area is 138 Å². The number of aryl methyl sites for hydroxylation is 1. The third kappa shape index (κ3) is 4.06. The summed E-state index contributed by atoms with van der Waals surface area (Å²) in [6, 6.07) is 8.06. The molecule has 0 radical (unpaired) electrons. The van der Waals surface area contributed by atoms with Gasteiger partial charge in [0.2, 0.25) is 0 Å². The number of nitrogen functional groups attached to an aromatic ring is 1. The Hall–Kier alpha value is -1.98. The van der Waals surface area contributed by atoms with Crippen molar-refractivity contribution in [2.24, 2.45) is 0 Å². The van der Waals surface area contributed by atoms with E-state index in [0.29, 0.717) is 0 Å². The molecule has 2 heterocycles. The minimum absolute atomic E-state index is 0.731. The van der Waals surface area contributed by atoms with E-state index in [9.17, 15) is 0 Å². The molecule has 1 saturated heterocycles. The minimum atomic E-state index is 0.731. The highest BCUT2D eigenvalue weighted by atomic mass is 16.5. The standard InChI is InChI=1S/C18H26N4O/c1-15-13-16(3-4-18(15)19)22-6-5-17(14-22)23-12-11-21-9-7-20(2)8-10-21/h3-6,13-14H,7-12,19H2,1-2H3. The minimum Gasteiger partial charge on any atom is -0.491 e. The summed E-state index contributed by atoms with van der Waals surface area (Å²) in [6.07, 6.45) is 4.05. The van der Waals surface area contributed by atoms with Gasteiger partial charge in [0, 0.05) is 50.3 Å². The number of nitrogens with two attached hydrogens (primary N) is 1. The van der Waals surface area contributed by atoms with Crippen LogP contribution >= 0.6 is 0 Å². The van der Waals surface area contributed by atoms with E-state index in [1.165, 1.54) is 0 Å². The second kappa shape index (κ2) is 7.06. The van der Waals surface area contributed by atoms with E-state index < -0.39 is 0 Å². The van der Waals surface area contributed by atoms with Gasteiger partial charge in [0.1, 0.15) is 12.4 Å². The monoisotopic (exact) mass is 314 g/mol. The first-order chi connectivity index (χ1) is 11.1. The van der Waals surface area contributed by atoms with Crippen molar-refractivity contribution in [1.82, 2.24) is 14.4 Å². The number of anilines is 1. The highest BCUT2D eigenvalue weighted by Crippen LogP contribution is 2.20. The van der Waals surface area contributed by atoms with Crippen LogP contribution in [0.4, 0.5) is 5.69 Å². The average Bonchev–Trinajstić information content (AvgIpc) is 3.01. The second-order valence-corrected chi connectivity index (χ2v) is 6.29. The lowest BCUT2D eigenvalue weighted by molar-refractivity contribution is 0.134. The molecule has 0 atom stereocenters. The van der Waals surface area contributed by atoms with E-state index in [4.69, 9.17) is 10.5 Å². The zero-order valence-electron chi connectivity index (χ0n) is 14.0. The molecule has 0 saturated carbocycles. The van der Waals surface area contributed by atoms with Crippen molar-refractivity contribution in [1.29, 1.82) is 0 Å². The topological polar surface area (TPSA) is 46.7 Å². The number of benzene rings is 1. The number of piperazine rings is 1. The molecule has 2 aromatic rings. The quantitative estimate of drug-likeness (QED) is 0.858. The average molecular weight is 314 g/mol. The fourth-order valence-electron chi connectivity index (χ4n) is 2.81. The van der Waals surface area contributed by atoms with Crippen LogP contribution in [0.5, 0.6) is 5.75 Å². The maximum atomic E-state index is 5.89. The number of aromatic nitrogens is 1. The molecule has 5 nitrogen and oxygen atoms in total. The van der Waals surface area contributed by atoms with E-state index in [1.807, 2.05) is 37.5 Å². The summed E-state index contributed by atoms with van der Waals surface area (Å²) >= 11 is 0. The summed E-state index contributed by atoms with van der Waals surface area (Å²) in [5.41, 5.74) is 8.89. The van der Waals surface area contributed by atoms with Crippen molar-refractivity contribution < 1.29 is 4.74 Å². The van der Waals surface area contributed by atoms with Gasteiger partial charge in [-0.3, -0.25) is 4.90 Å². The molecule has 124 valence electrons. The van der Waals surface area contributed by atoms with Gasteiger partial charge in [-0.25, -0.2) is 0 Å². The summed E-state index contributed by atoms with van der Waals surface area (Å²) in [5.74, 6) is 0.911. The fourth-order valence-corrected chi connectivity index (χ4v) is 2.81. The third-order valence-electron chi connectivity index (χ3n) is 4.49. The van der Waals surface area contributed by atoms with E-state index in [1.54, 1.807) is 0 Å². The Morgan fingerprint density at radius 3 is 2.65 bits per heavy atom. The van der Waals surface area contributed by atoms with E-state index in [0.717, 1.165) is 62.0 Å². The number of nitrogens with zero attached hydrogens (tertiary/aromatic N) is 3. The van der Waals surface area contributed by atoms with Crippen LogP contribution in [0.15, 0.2) is 36.7 Å². The number of rotatable bonds is 5. The Balaban J connectivity index is 1.52. The molecule has 0 amide bonds. The van der Waals surface area contributed by atoms with Gasteiger partial charge in [0.05, 0.1) is 6.20 Å². The van der Waals surface area contributed by atoms with E-state index >= 15 is 0 Å². The molecule has 3 rings (SSSR count). The third-order valence-corrected chi connectivity index (χ3v) is 4.49. The van der Waals surface area contributed by atoms with Crippen LogP contribution in [0.3, 0.4) is 0 Å². The van der Waals surface area contributed by atoms with Crippen LogP contribution < -0.4 is 10.5 Å². The van der Waals surface area contributed by atoms with Gasteiger partial charge in [0.15, 0.2) is 0 Å².